The van der Waals surface area contributed by atoms with E-state index in [2.05, 4.69) is 48.5 Å². The average Bonchev–Trinajstić information content (AvgIpc) is 3.20. The summed E-state index contributed by atoms with van der Waals surface area (Å²) in [6.07, 6.45) is 0. The zero-order chi connectivity index (χ0) is 22.9. The van der Waals surface area contributed by atoms with Crippen molar-refractivity contribution in [1.82, 2.24) is 14.8 Å². The number of rotatable bonds is 4. The normalized spacial score (nSPS) is 11.0. The Labute approximate surface area is 192 Å². The molecule has 5 rings (SSSR count). The summed E-state index contributed by atoms with van der Waals surface area (Å²) < 4.78 is 1.70. The predicted molar refractivity (Wildman–Crippen MR) is 133 cm³/mol. The topological polar surface area (TPSA) is 59.8 Å². The minimum absolute atomic E-state index is 0.190. The number of anilines is 1. The maximum atomic E-state index is 13.0. The van der Waals surface area contributed by atoms with E-state index in [0.717, 1.165) is 38.9 Å². The molecule has 0 saturated carbocycles. The molecule has 5 aromatic rings. The molecule has 0 unspecified atom stereocenters. The number of carbonyl (C=O) groups excluding carboxylic acids is 1. The lowest BCUT2D eigenvalue weighted by molar-refractivity contribution is 0.102. The molecule has 0 bridgehead atoms. The standard InChI is InChI=1S/C28H24N4O/c1-18-8-7-11-24-19(2)16-25(29-27(18)24)32-26(17-20(3)31-32)30-28(33)23-14-12-22(13-15-23)21-9-5-4-6-10-21/h4-17H,1-3H3,(H,30,33). The summed E-state index contributed by atoms with van der Waals surface area (Å²) in [6.45, 7) is 6.02. The van der Waals surface area contributed by atoms with E-state index in [0.29, 0.717) is 17.2 Å². The van der Waals surface area contributed by atoms with Crippen LogP contribution in [-0.2, 0) is 0 Å². The van der Waals surface area contributed by atoms with Crippen LogP contribution in [0, 0.1) is 20.8 Å². The number of fused-ring (bicyclic) bond motifs is 1. The smallest absolute Gasteiger partial charge is 0.256 e. The molecule has 2 aromatic heterocycles. The lowest BCUT2D eigenvalue weighted by atomic mass is 10.0. The van der Waals surface area contributed by atoms with Crippen molar-refractivity contribution in [3.05, 3.63) is 107 Å². The van der Waals surface area contributed by atoms with E-state index >= 15 is 0 Å². The van der Waals surface area contributed by atoms with Crippen LogP contribution in [-0.4, -0.2) is 20.7 Å². The number of carbonyl (C=O) groups is 1. The molecule has 0 radical (unpaired) electrons. The summed E-state index contributed by atoms with van der Waals surface area (Å²) in [5, 5.41) is 8.72. The van der Waals surface area contributed by atoms with Crippen molar-refractivity contribution in [3.8, 4) is 16.9 Å². The van der Waals surface area contributed by atoms with Gasteiger partial charge < -0.3 is 5.32 Å². The van der Waals surface area contributed by atoms with Crippen molar-refractivity contribution in [2.24, 2.45) is 0 Å². The van der Waals surface area contributed by atoms with Crippen LogP contribution in [0.1, 0.15) is 27.2 Å². The van der Waals surface area contributed by atoms with Gasteiger partial charge in [0, 0.05) is 17.0 Å². The first-order valence-electron chi connectivity index (χ1n) is 10.9. The van der Waals surface area contributed by atoms with Crippen molar-refractivity contribution in [1.29, 1.82) is 0 Å². The summed E-state index contributed by atoms with van der Waals surface area (Å²) in [6, 6.07) is 27.7. The molecule has 0 saturated heterocycles. The lowest BCUT2D eigenvalue weighted by Gasteiger charge is -2.12. The molecule has 0 atom stereocenters. The molecule has 2 heterocycles. The third kappa shape index (κ3) is 4.01. The number of aromatic nitrogens is 3. The molecular weight excluding hydrogens is 408 g/mol. The summed E-state index contributed by atoms with van der Waals surface area (Å²) in [4.78, 5) is 17.9. The number of pyridine rings is 1. The Morgan fingerprint density at radius 2 is 1.52 bits per heavy atom. The highest BCUT2D eigenvalue weighted by Gasteiger charge is 2.15. The van der Waals surface area contributed by atoms with Crippen molar-refractivity contribution in [2.45, 2.75) is 20.8 Å². The summed E-state index contributed by atoms with van der Waals surface area (Å²) in [5.74, 6) is 1.08. The second kappa shape index (κ2) is 8.36. The van der Waals surface area contributed by atoms with Crippen LogP contribution in [0.25, 0.3) is 27.8 Å². The van der Waals surface area contributed by atoms with Crippen molar-refractivity contribution in [3.63, 3.8) is 0 Å². The zero-order valence-corrected chi connectivity index (χ0v) is 18.8. The van der Waals surface area contributed by atoms with Gasteiger partial charge >= 0.3 is 0 Å². The average molecular weight is 433 g/mol. The SMILES string of the molecule is Cc1cc(NC(=O)c2ccc(-c3ccccc3)cc2)n(-c2cc(C)c3cccc(C)c3n2)n1. The minimum Gasteiger partial charge on any atom is -0.306 e. The number of hydrogen-bond donors (Lipinski definition) is 1. The Kier molecular flexibility index (Phi) is 5.23. The minimum atomic E-state index is -0.190. The van der Waals surface area contributed by atoms with Gasteiger partial charge in [-0.25, -0.2) is 4.98 Å². The van der Waals surface area contributed by atoms with Gasteiger partial charge in [-0.15, -0.1) is 0 Å². The van der Waals surface area contributed by atoms with Crippen LogP contribution in [0.2, 0.25) is 0 Å². The van der Waals surface area contributed by atoms with E-state index in [9.17, 15) is 4.79 Å². The van der Waals surface area contributed by atoms with Gasteiger partial charge in [0.1, 0.15) is 5.82 Å². The fraction of sp³-hybridized carbons (Fsp3) is 0.107. The van der Waals surface area contributed by atoms with E-state index in [1.165, 1.54) is 0 Å². The highest BCUT2D eigenvalue weighted by atomic mass is 16.1. The van der Waals surface area contributed by atoms with Gasteiger partial charge in [-0.3, -0.25) is 4.79 Å². The second-order valence-corrected chi connectivity index (χ2v) is 8.25. The van der Waals surface area contributed by atoms with Crippen LogP contribution in [0.3, 0.4) is 0 Å². The molecule has 1 N–H and O–H groups in total. The molecule has 0 fully saturated rings. The number of hydrogen-bond acceptors (Lipinski definition) is 3. The summed E-state index contributed by atoms with van der Waals surface area (Å²) >= 11 is 0. The van der Waals surface area contributed by atoms with Crippen LogP contribution in [0.5, 0.6) is 0 Å². The highest BCUT2D eigenvalue weighted by molar-refractivity contribution is 6.04. The van der Waals surface area contributed by atoms with Crippen LogP contribution in [0.4, 0.5) is 5.82 Å². The largest absolute Gasteiger partial charge is 0.306 e. The van der Waals surface area contributed by atoms with Gasteiger partial charge in [0.2, 0.25) is 0 Å². The molecule has 0 aliphatic rings. The molecule has 1 amide bonds. The van der Waals surface area contributed by atoms with Gasteiger partial charge in [-0.05, 0) is 61.2 Å². The fourth-order valence-electron chi connectivity index (χ4n) is 4.05. The molecule has 0 spiro atoms. The lowest BCUT2D eigenvalue weighted by Crippen LogP contribution is -2.15. The van der Waals surface area contributed by atoms with E-state index in [-0.39, 0.29) is 5.91 Å². The Morgan fingerprint density at radius 1 is 0.788 bits per heavy atom. The van der Waals surface area contributed by atoms with Crippen molar-refractivity contribution < 1.29 is 4.79 Å². The first-order chi connectivity index (χ1) is 16.0. The third-order valence-electron chi connectivity index (χ3n) is 5.78. The maximum absolute atomic E-state index is 13.0. The van der Waals surface area contributed by atoms with E-state index in [4.69, 9.17) is 4.98 Å². The zero-order valence-electron chi connectivity index (χ0n) is 18.8. The Balaban J connectivity index is 1.46. The maximum Gasteiger partial charge on any atom is 0.256 e. The Hall–Kier alpha value is -4.25. The Bertz CT molecular complexity index is 1470. The molecule has 5 nitrogen and oxygen atoms in total. The van der Waals surface area contributed by atoms with E-state index in [1.807, 2.05) is 67.6 Å². The van der Waals surface area contributed by atoms with E-state index in [1.54, 1.807) is 4.68 Å². The summed E-state index contributed by atoms with van der Waals surface area (Å²) in [5.41, 5.74) is 6.72. The second-order valence-electron chi connectivity index (χ2n) is 8.25. The number of benzene rings is 3. The molecule has 0 aliphatic carbocycles. The van der Waals surface area contributed by atoms with E-state index < -0.39 is 0 Å². The van der Waals surface area contributed by atoms with Crippen LogP contribution >= 0.6 is 0 Å². The Morgan fingerprint density at radius 3 is 2.27 bits per heavy atom. The van der Waals surface area contributed by atoms with Gasteiger partial charge in [-0.2, -0.15) is 9.78 Å². The fourth-order valence-corrected chi connectivity index (χ4v) is 4.05. The molecular formula is C28H24N4O. The van der Waals surface area contributed by atoms with Gasteiger partial charge in [0.05, 0.1) is 11.2 Å². The van der Waals surface area contributed by atoms with Crippen LogP contribution < -0.4 is 5.32 Å². The number of aryl methyl sites for hydroxylation is 3. The molecule has 162 valence electrons. The predicted octanol–water partition coefficient (Wildman–Crippen LogP) is 6.27. The van der Waals surface area contributed by atoms with Crippen LogP contribution in [0.15, 0.2) is 84.9 Å². The molecule has 5 heteroatoms. The number of para-hydroxylation sites is 1. The van der Waals surface area contributed by atoms with Gasteiger partial charge in [0.15, 0.2) is 5.82 Å². The quantitative estimate of drug-likeness (QED) is 0.364. The molecule has 0 aliphatic heterocycles. The number of nitrogens with one attached hydrogen (secondary N) is 1. The third-order valence-corrected chi connectivity index (χ3v) is 5.78. The van der Waals surface area contributed by atoms with Gasteiger partial charge in [0.25, 0.3) is 5.91 Å². The molecule has 33 heavy (non-hydrogen) atoms. The summed E-state index contributed by atoms with van der Waals surface area (Å²) in [7, 11) is 0. The number of nitrogens with zero attached hydrogens (tertiary/aromatic N) is 3. The first-order valence-corrected chi connectivity index (χ1v) is 10.9. The monoisotopic (exact) mass is 432 g/mol. The molecule has 3 aromatic carbocycles. The first kappa shape index (κ1) is 20.6. The highest BCUT2D eigenvalue weighted by Crippen LogP contribution is 2.25. The number of amides is 1. The van der Waals surface area contributed by atoms with Crippen molar-refractivity contribution >= 4 is 22.6 Å². The van der Waals surface area contributed by atoms with Gasteiger partial charge in [-0.1, -0.05) is 60.7 Å². The van der Waals surface area contributed by atoms with Crippen molar-refractivity contribution in [2.75, 3.05) is 5.32 Å².